The molecule has 0 radical (unpaired) electrons. The van der Waals surface area contributed by atoms with Crippen molar-refractivity contribution >= 4 is 5.91 Å². The van der Waals surface area contributed by atoms with Gasteiger partial charge in [-0.3, -0.25) is 4.79 Å². The van der Waals surface area contributed by atoms with E-state index in [9.17, 15) is 4.79 Å². The van der Waals surface area contributed by atoms with Crippen molar-refractivity contribution in [3.05, 3.63) is 52.4 Å². The third-order valence-electron chi connectivity index (χ3n) is 4.17. The number of carbonyl (C=O) groups is 1. The number of rotatable bonds is 2. The Bertz CT molecular complexity index is 738. The number of hydrogen-bond donors (Lipinski definition) is 0. The molecule has 1 aromatic heterocycles. The lowest BCUT2D eigenvalue weighted by atomic mass is 10.0. The van der Waals surface area contributed by atoms with Crippen LogP contribution in [0.1, 0.15) is 51.8 Å². The highest BCUT2D eigenvalue weighted by Crippen LogP contribution is 2.36. The van der Waals surface area contributed by atoms with Gasteiger partial charge in [-0.2, -0.15) is 5.26 Å². The van der Waals surface area contributed by atoms with Crippen LogP contribution < -0.4 is 0 Å². The second-order valence-electron chi connectivity index (χ2n) is 5.59. The monoisotopic (exact) mass is 295 g/mol. The molecule has 0 bridgehead atoms. The molecule has 1 atom stereocenters. The maximum Gasteiger partial charge on any atom is 0.254 e. The zero-order valence-electron chi connectivity index (χ0n) is 12.7. The first kappa shape index (κ1) is 14.3. The molecule has 1 unspecified atom stereocenters. The summed E-state index contributed by atoms with van der Waals surface area (Å²) in [5, 5.41) is 13.0. The van der Waals surface area contributed by atoms with E-state index in [2.05, 4.69) is 11.2 Å². The van der Waals surface area contributed by atoms with Gasteiger partial charge in [-0.05, 0) is 44.9 Å². The van der Waals surface area contributed by atoms with E-state index in [4.69, 9.17) is 9.78 Å². The average molecular weight is 295 g/mol. The molecule has 5 heteroatoms. The van der Waals surface area contributed by atoms with Crippen molar-refractivity contribution in [3.8, 4) is 6.07 Å². The van der Waals surface area contributed by atoms with Crippen molar-refractivity contribution in [2.45, 2.75) is 32.7 Å². The Morgan fingerprint density at radius 3 is 2.95 bits per heavy atom. The second kappa shape index (κ2) is 5.64. The fourth-order valence-corrected chi connectivity index (χ4v) is 3.16. The fourth-order valence-electron chi connectivity index (χ4n) is 3.16. The van der Waals surface area contributed by atoms with Crippen LogP contribution in [0.25, 0.3) is 0 Å². The van der Waals surface area contributed by atoms with Crippen molar-refractivity contribution in [3.63, 3.8) is 0 Å². The van der Waals surface area contributed by atoms with Crippen molar-refractivity contribution < 1.29 is 9.32 Å². The van der Waals surface area contributed by atoms with E-state index in [0.29, 0.717) is 17.7 Å². The van der Waals surface area contributed by atoms with E-state index in [1.165, 1.54) is 0 Å². The number of aromatic nitrogens is 1. The van der Waals surface area contributed by atoms with Gasteiger partial charge in [-0.15, -0.1) is 0 Å². The van der Waals surface area contributed by atoms with Gasteiger partial charge in [0.25, 0.3) is 5.91 Å². The minimum atomic E-state index is -0.0420. The first-order chi connectivity index (χ1) is 10.6. The maximum absolute atomic E-state index is 12.8. The fraction of sp³-hybridized carbons (Fsp3) is 0.353. The SMILES string of the molecule is Cc1noc(C)c1C1CCCN1C(=O)c1cccc(C#N)c1. The molecule has 1 fully saturated rings. The second-order valence-corrected chi connectivity index (χ2v) is 5.59. The lowest BCUT2D eigenvalue weighted by Crippen LogP contribution is -2.31. The molecule has 2 heterocycles. The van der Waals surface area contributed by atoms with E-state index in [-0.39, 0.29) is 11.9 Å². The zero-order chi connectivity index (χ0) is 15.7. The maximum atomic E-state index is 12.8. The van der Waals surface area contributed by atoms with E-state index in [1.807, 2.05) is 18.7 Å². The van der Waals surface area contributed by atoms with Crippen LogP contribution >= 0.6 is 0 Å². The van der Waals surface area contributed by atoms with Crippen molar-refractivity contribution in [2.75, 3.05) is 6.54 Å². The molecule has 0 aliphatic carbocycles. The van der Waals surface area contributed by atoms with Gasteiger partial charge >= 0.3 is 0 Å². The molecule has 0 saturated carbocycles. The summed E-state index contributed by atoms with van der Waals surface area (Å²) < 4.78 is 5.25. The summed E-state index contributed by atoms with van der Waals surface area (Å²) in [5.74, 6) is 0.729. The highest BCUT2D eigenvalue weighted by Gasteiger charge is 2.34. The van der Waals surface area contributed by atoms with Crippen LogP contribution in [0.4, 0.5) is 0 Å². The Labute approximate surface area is 129 Å². The Hall–Kier alpha value is -2.61. The predicted octanol–water partition coefficient (Wildman–Crippen LogP) is 3.14. The summed E-state index contributed by atoms with van der Waals surface area (Å²) in [6, 6.07) is 8.92. The number of hydrogen-bond acceptors (Lipinski definition) is 4. The number of nitriles is 1. The quantitative estimate of drug-likeness (QED) is 0.853. The predicted molar refractivity (Wildman–Crippen MR) is 80.1 cm³/mol. The molecule has 1 saturated heterocycles. The largest absolute Gasteiger partial charge is 0.361 e. The number of nitrogens with zero attached hydrogens (tertiary/aromatic N) is 3. The molecule has 1 aromatic carbocycles. The summed E-state index contributed by atoms with van der Waals surface area (Å²) in [5.41, 5.74) is 2.91. The van der Waals surface area contributed by atoms with Crippen LogP contribution in [-0.2, 0) is 0 Å². The molecular formula is C17H17N3O2. The minimum absolute atomic E-state index is 0.00416. The van der Waals surface area contributed by atoms with Gasteiger partial charge in [0.2, 0.25) is 0 Å². The van der Waals surface area contributed by atoms with Gasteiger partial charge in [-0.25, -0.2) is 0 Å². The lowest BCUT2D eigenvalue weighted by Gasteiger charge is -2.25. The molecule has 5 nitrogen and oxygen atoms in total. The third kappa shape index (κ3) is 2.37. The van der Waals surface area contributed by atoms with Gasteiger partial charge in [0, 0.05) is 17.7 Å². The summed E-state index contributed by atoms with van der Waals surface area (Å²) in [7, 11) is 0. The molecule has 2 aromatic rings. The molecule has 1 aliphatic rings. The number of likely N-dealkylation sites (tertiary alicyclic amines) is 1. The molecule has 0 N–H and O–H groups in total. The minimum Gasteiger partial charge on any atom is -0.361 e. The Morgan fingerprint density at radius 1 is 1.45 bits per heavy atom. The Kier molecular flexibility index (Phi) is 3.68. The lowest BCUT2D eigenvalue weighted by molar-refractivity contribution is 0.0734. The molecule has 1 aliphatic heterocycles. The molecule has 1 amide bonds. The van der Waals surface area contributed by atoms with Crippen LogP contribution in [0.2, 0.25) is 0 Å². The van der Waals surface area contributed by atoms with E-state index < -0.39 is 0 Å². The molecule has 3 rings (SSSR count). The standard InChI is InChI=1S/C17H17N3O2/c1-11-16(12(2)22-19-11)15-7-4-8-20(15)17(21)14-6-3-5-13(9-14)10-18/h3,5-6,9,15H,4,7-8H2,1-2H3. The average Bonchev–Trinajstić information content (AvgIpc) is 3.13. The summed E-state index contributed by atoms with van der Waals surface area (Å²) in [6.45, 7) is 4.50. The smallest absolute Gasteiger partial charge is 0.254 e. The van der Waals surface area contributed by atoms with Crippen LogP contribution in [0.3, 0.4) is 0 Å². The number of aryl methyl sites for hydroxylation is 2. The summed E-state index contributed by atoms with van der Waals surface area (Å²) >= 11 is 0. The number of carbonyl (C=O) groups excluding carboxylic acids is 1. The van der Waals surface area contributed by atoms with Gasteiger partial charge in [0.05, 0.1) is 23.4 Å². The van der Waals surface area contributed by atoms with Crippen LogP contribution in [-0.4, -0.2) is 22.5 Å². The van der Waals surface area contributed by atoms with Gasteiger partial charge < -0.3 is 9.42 Å². The molecular weight excluding hydrogens is 278 g/mol. The normalized spacial score (nSPS) is 17.5. The van der Waals surface area contributed by atoms with Crippen LogP contribution in [0.15, 0.2) is 28.8 Å². The van der Waals surface area contributed by atoms with Crippen molar-refractivity contribution in [2.24, 2.45) is 0 Å². The number of benzene rings is 1. The van der Waals surface area contributed by atoms with Crippen LogP contribution in [0, 0.1) is 25.2 Å². The Balaban J connectivity index is 1.93. The van der Waals surface area contributed by atoms with Crippen molar-refractivity contribution in [1.29, 1.82) is 5.26 Å². The van der Waals surface area contributed by atoms with E-state index in [1.54, 1.807) is 24.3 Å². The first-order valence-electron chi connectivity index (χ1n) is 7.35. The molecule has 22 heavy (non-hydrogen) atoms. The third-order valence-corrected chi connectivity index (χ3v) is 4.17. The van der Waals surface area contributed by atoms with Gasteiger partial charge in [0.15, 0.2) is 0 Å². The number of amides is 1. The van der Waals surface area contributed by atoms with Gasteiger partial charge in [-0.1, -0.05) is 11.2 Å². The highest BCUT2D eigenvalue weighted by molar-refractivity contribution is 5.95. The van der Waals surface area contributed by atoms with E-state index in [0.717, 1.165) is 29.9 Å². The van der Waals surface area contributed by atoms with E-state index >= 15 is 0 Å². The molecule has 0 spiro atoms. The Morgan fingerprint density at radius 2 is 2.27 bits per heavy atom. The summed E-state index contributed by atoms with van der Waals surface area (Å²) in [4.78, 5) is 14.7. The first-order valence-corrected chi connectivity index (χ1v) is 7.35. The van der Waals surface area contributed by atoms with Crippen LogP contribution in [0.5, 0.6) is 0 Å². The topological polar surface area (TPSA) is 70.1 Å². The zero-order valence-corrected chi connectivity index (χ0v) is 12.7. The van der Waals surface area contributed by atoms with Gasteiger partial charge in [0.1, 0.15) is 5.76 Å². The van der Waals surface area contributed by atoms with Crippen molar-refractivity contribution in [1.82, 2.24) is 10.1 Å². The molecule has 112 valence electrons. The highest BCUT2D eigenvalue weighted by atomic mass is 16.5. The summed E-state index contributed by atoms with van der Waals surface area (Å²) in [6.07, 6.45) is 1.87.